The van der Waals surface area contributed by atoms with E-state index in [1.54, 1.807) is 0 Å². The molecule has 10 atom stereocenters. The van der Waals surface area contributed by atoms with Crippen LogP contribution in [0.1, 0.15) is 6.42 Å². The number of hydrogen-bond acceptors (Lipinski definition) is 10. The summed E-state index contributed by atoms with van der Waals surface area (Å²) in [6, 6.07) is -1.19. The van der Waals surface area contributed by atoms with Gasteiger partial charge in [0.05, 0.1) is 24.9 Å². The third kappa shape index (κ3) is 3.26. The Balaban J connectivity index is 2.08. The molecule has 1 saturated heterocycles. The highest BCUT2D eigenvalue weighted by molar-refractivity contribution is 4.96. The number of nitrogens with two attached hydrogens (primary N) is 1. The van der Waals surface area contributed by atoms with Crippen LogP contribution in [0.15, 0.2) is 0 Å². The number of aliphatic hydroxyl groups excluding tert-OH is 7. The van der Waals surface area contributed by atoms with Crippen molar-refractivity contribution >= 4 is 0 Å². The third-order valence-corrected chi connectivity index (χ3v) is 4.16. The molecule has 130 valence electrons. The molecule has 0 spiro atoms. The lowest BCUT2D eigenvalue weighted by Gasteiger charge is -2.45. The molecule has 0 amide bonds. The molecule has 1 saturated carbocycles. The molecule has 2 rings (SSSR count). The number of aliphatic hydroxyl groups is 7. The number of rotatable bonds is 3. The molecule has 2 fully saturated rings. The lowest BCUT2D eigenvalue weighted by Crippen LogP contribution is -2.65. The molecule has 1 aliphatic heterocycles. The Morgan fingerprint density at radius 2 is 1.55 bits per heavy atom. The Bertz CT molecular complexity index is 371. The van der Waals surface area contributed by atoms with Crippen LogP contribution in [0.25, 0.3) is 0 Å². The van der Waals surface area contributed by atoms with Crippen LogP contribution >= 0.6 is 0 Å². The van der Waals surface area contributed by atoms with Crippen LogP contribution in [0.2, 0.25) is 0 Å². The van der Waals surface area contributed by atoms with Crippen LogP contribution in [-0.2, 0) is 9.47 Å². The van der Waals surface area contributed by atoms with Gasteiger partial charge in [-0.3, -0.25) is 0 Å². The first-order chi connectivity index (χ1) is 10.3. The molecular formula is C12H23NO9. The first-order valence-electron chi connectivity index (χ1n) is 7.03. The SMILES string of the molecule is N[C@H]1[C@@H](O[C@H]2[C@H](O)[C@H](O)[C@H](O)C[C@@H]2O)O[C@H](CO)[C@@H](O)[C@@H]1O. The van der Waals surface area contributed by atoms with E-state index in [0.29, 0.717) is 0 Å². The van der Waals surface area contributed by atoms with E-state index in [1.165, 1.54) is 0 Å². The van der Waals surface area contributed by atoms with Crippen LogP contribution in [0.3, 0.4) is 0 Å². The Kier molecular flexibility index (Phi) is 5.72. The zero-order valence-electron chi connectivity index (χ0n) is 11.7. The van der Waals surface area contributed by atoms with Crippen molar-refractivity contribution in [1.29, 1.82) is 0 Å². The van der Waals surface area contributed by atoms with E-state index < -0.39 is 67.8 Å². The van der Waals surface area contributed by atoms with E-state index in [2.05, 4.69) is 0 Å². The molecule has 1 aliphatic carbocycles. The van der Waals surface area contributed by atoms with Gasteiger partial charge in [-0.15, -0.1) is 0 Å². The quantitative estimate of drug-likeness (QED) is 0.250. The minimum Gasteiger partial charge on any atom is -0.394 e. The second-order valence-electron chi connectivity index (χ2n) is 5.74. The van der Waals surface area contributed by atoms with Gasteiger partial charge in [0, 0.05) is 6.42 Å². The van der Waals surface area contributed by atoms with Crippen molar-refractivity contribution < 1.29 is 45.2 Å². The van der Waals surface area contributed by atoms with Crippen molar-refractivity contribution in [2.24, 2.45) is 5.73 Å². The van der Waals surface area contributed by atoms with Gasteiger partial charge in [0.25, 0.3) is 0 Å². The summed E-state index contributed by atoms with van der Waals surface area (Å²) in [5.74, 6) is 0. The highest BCUT2D eigenvalue weighted by Crippen LogP contribution is 2.28. The average molecular weight is 325 g/mol. The van der Waals surface area contributed by atoms with Gasteiger partial charge in [-0.25, -0.2) is 0 Å². The van der Waals surface area contributed by atoms with Gasteiger partial charge in [-0.05, 0) is 0 Å². The summed E-state index contributed by atoms with van der Waals surface area (Å²) in [6.45, 7) is -0.595. The first kappa shape index (κ1) is 17.9. The molecule has 0 bridgehead atoms. The predicted octanol–water partition coefficient (Wildman–Crippen LogP) is -5.01. The highest BCUT2D eigenvalue weighted by Gasteiger charge is 2.48. The summed E-state index contributed by atoms with van der Waals surface area (Å²) >= 11 is 0. The minimum absolute atomic E-state index is 0.223. The Morgan fingerprint density at radius 3 is 2.14 bits per heavy atom. The fraction of sp³-hybridized carbons (Fsp3) is 1.00. The summed E-state index contributed by atoms with van der Waals surface area (Å²) < 4.78 is 10.6. The first-order valence-corrected chi connectivity index (χ1v) is 7.03. The number of ether oxygens (including phenoxy) is 2. The fourth-order valence-corrected chi connectivity index (χ4v) is 2.72. The van der Waals surface area contributed by atoms with Crippen LogP contribution in [0.4, 0.5) is 0 Å². The van der Waals surface area contributed by atoms with E-state index in [-0.39, 0.29) is 6.42 Å². The van der Waals surface area contributed by atoms with Crippen molar-refractivity contribution in [2.75, 3.05) is 6.61 Å². The maximum Gasteiger partial charge on any atom is 0.176 e. The van der Waals surface area contributed by atoms with Gasteiger partial charge < -0.3 is 51.0 Å². The van der Waals surface area contributed by atoms with Crippen molar-refractivity contribution in [3.05, 3.63) is 0 Å². The smallest absolute Gasteiger partial charge is 0.176 e. The molecular weight excluding hydrogens is 302 g/mol. The predicted molar refractivity (Wildman–Crippen MR) is 69.3 cm³/mol. The summed E-state index contributed by atoms with van der Waals surface area (Å²) in [7, 11) is 0. The third-order valence-electron chi connectivity index (χ3n) is 4.16. The molecule has 0 unspecified atom stereocenters. The van der Waals surface area contributed by atoms with Crippen molar-refractivity contribution in [3.63, 3.8) is 0 Å². The van der Waals surface area contributed by atoms with E-state index in [9.17, 15) is 30.6 Å². The Labute approximate surface area is 126 Å². The highest BCUT2D eigenvalue weighted by atomic mass is 16.7. The lowest BCUT2D eigenvalue weighted by atomic mass is 9.87. The maximum atomic E-state index is 9.88. The molecule has 0 aromatic carbocycles. The van der Waals surface area contributed by atoms with Crippen LogP contribution in [0, 0.1) is 0 Å². The summed E-state index contributed by atoms with van der Waals surface area (Å²) in [5.41, 5.74) is 5.68. The van der Waals surface area contributed by atoms with E-state index in [4.69, 9.17) is 20.3 Å². The topological polar surface area (TPSA) is 186 Å². The zero-order chi connectivity index (χ0) is 16.6. The molecule has 0 aromatic heterocycles. The van der Waals surface area contributed by atoms with Gasteiger partial charge in [-0.2, -0.15) is 0 Å². The Hall–Kier alpha value is -0.400. The second-order valence-corrected chi connectivity index (χ2v) is 5.74. The number of hydrogen-bond donors (Lipinski definition) is 8. The van der Waals surface area contributed by atoms with Crippen molar-refractivity contribution in [1.82, 2.24) is 0 Å². The van der Waals surface area contributed by atoms with Crippen LogP contribution in [0.5, 0.6) is 0 Å². The molecule has 10 heteroatoms. The Morgan fingerprint density at radius 1 is 0.909 bits per heavy atom. The standard InChI is InChI=1S/C12H23NO9/c13-6-9(19)8(18)5(2-14)21-12(6)22-11-4(16)1-3(15)7(17)10(11)20/h3-12,14-20H,1-2,13H2/t3-,4+,5-,6-,7-,8-,9-,10-,11-,12-/m1/s1. The maximum absolute atomic E-state index is 9.88. The van der Waals surface area contributed by atoms with Crippen LogP contribution < -0.4 is 5.73 Å². The zero-order valence-corrected chi connectivity index (χ0v) is 11.7. The molecule has 2 aliphatic rings. The van der Waals surface area contributed by atoms with Crippen molar-refractivity contribution in [3.8, 4) is 0 Å². The van der Waals surface area contributed by atoms with E-state index in [1.807, 2.05) is 0 Å². The van der Waals surface area contributed by atoms with Gasteiger partial charge in [0.1, 0.15) is 36.6 Å². The van der Waals surface area contributed by atoms with Crippen molar-refractivity contribution in [2.45, 2.75) is 67.6 Å². The molecule has 1 heterocycles. The monoisotopic (exact) mass is 325 g/mol. The molecule has 9 N–H and O–H groups in total. The summed E-state index contributed by atoms with van der Waals surface area (Å²) in [6.07, 6.45) is -12.6. The average Bonchev–Trinajstić information content (AvgIpc) is 2.49. The van der Waals surface area contributed by atoms with Gasteiger partial charge in [0.15, 0.2) is 6.29 Å². The van der Waals surface area contributed by atoms with Gasteiger partial charge in [-0.1, -0.05) is 0 Å². The molecule has 0 radical (unpaired) electrons. The normalized spacial score (nSPS) is 53.5. The van der Waals surface area contributed by atoms with Gasteiger partial charge >= 0.3 is 0 Å². The lowest BCUT2D eigenvalue weighted by molar-refractivity contribution is -0.306. The second kappa shape index (κ2) is 7.01. The molecule has 0 aromatic rings. The van der Waals surface area contributed by atoms with Crippen LogP contribution in [-0.4, -0.2) is 104 Å². The molecule has 22 heavy (non-hydrogen) atoms. The van der Waals surface area contributed by atoms with Gasteiger partial charge in [0.2, 0.25) is 0 Å². The van der Waals surface area contributed by atoms with E-state index in [0.717, 1.165) is 0 Å². The minimum atomic E-state index is -1.59. The fourth-order valence-electron chi connectivity index (χ4n) is 2.72. The summed E-state index contributed by atoms with van der Waals surface area (Å²) in [5, 5.41) is 67.4. The summed E-state index contributed by atoms with van der Waals surface area (Å²) in [4.78, 5) is 0. The van der Waals surface area contributed by atoms with E-state index >= 15 is 0 Å². The largest absolute Gasteiger partial charge is 0.394 e. The molecule has 10 nitrogen and oxygen atoms in total.